The van der Waals surface area contributed by atoms with Crippen molar-refractivity contribution in [2.24, 2.45) is 7.05 Å². The monoisotopic (exact) mass is 365 g/mol. The van der Waals surface area contributed by atoms with Crippen LogP contribution in [-0.2, 0) is 21.7 Å². The lowest BCUT2D eigenvalue weighted by molar-refractivity contribution is -0.385. The average molecular weight is 365 g/mol. The topological polar surface area (TPSA) is 129 Å². The summed E-state index contributed by atoms with van der Waals surface area (Å²) >= 11 is 0. The van der Waals surface area contributed by atoms with E-state index in [1.165, 1.54) is 17.7 Å². The number of nitro benzene ring substituents is 1. The van der Waals surface area contributed by atoms with Crippen LogP contribution >= 0.6 is 0 Å². The van der Waals surface area contributed by atoms with E-state index in [1.54, 1.807) is 13.2 Å². The van der Waals surface area contributed by atoms with Crippen LogP contribution in [0.1, 0.15) is 28.9 Å². The molecule has 0 saturated heterocycles. The smallest absolute Gasteiger partial charge is 0.281 e. The summed E-state index contributed by atoms with van der Waals surface area (Å²) in [6.45, 7) is 1.19. The van der Waals surface area contributed by atoms with Gasteiger partial charge in [-0.15, -0.1) is 0 Å². The van der Waals surface area contributed by atoms with Gasteiger partial charge < -0.3 is 0 Å². The Morgan fingerprint density at radius 1 is 1.28 bits per heavy atom. The molecule has 0 aliphatic rings. The van der Waals surface area contributed by atoms with Crippen molar-refractivity contribution in [1.82, 2.24) is 9.78 Å². The van der Waals surface area contributed by atoms with Gasteiger partial charge in [-0.2, -0.15) is 5.10 Å². The molecule has 0 aliphatic heterocycles. The molecule has 132 valence electrons. The number of rotatable bonds is 6. The molecular weight excluding hydrogens is 350 g/mol. The first-order valence-electron chi connectivity index (χ1n) is 7.05. The zero-order valence-electron chi connectivity index (χ0n) is 13.7. The molecule has 0 bridgehead atoms. The van der Waals surface area contributed by atoms with Gasteiger partial charge in [0.05, 0.1) is 21.1 Å². The Kier molecular flexibility index (Phi) is 4.84. The number of hydrogen-bond acceptors (Lipinski definition) is 7. The molecule has 1 heterocycles. The number of nitrogens with zero attached hydrogens (tertiary/aromatic N) is 3. The second kappa shape index (κ2) is 6.55. The van der Waals surface area contributed by atoms with Crippen LogP contribution in [0, 0.1) is 10.1 Å². The molecule has 1 aromatic carbocycles. The van der Waals surface area contributed by atoms with Gasteiger partial charge in [-0.1, -0.05) is 0 Å². The Morgan fingerprint density at radius 3 is 2.36 bits per heavy atom. The van der Waals surface area contributed by atoms with Crippen molar-refractivity contribution in [3.63, 3.8) is 0 Å². The Labute approximate surface area is 143 Å². The maximum absolute atomic E-state index is 12.8. The SMILES string of the molecule is CC(=O)C(C(=O)c1ccc(S(C)(=O)=O)cc1[N+](=O)[O-])c1ccn(C)n1. The highest BCUT2D eigenvalue weighted by atomic mass is 32.2. The molecule has 2 rings (SSSR count). The van der Waals surface area contributed by atoms with Crippen LogP contribution in [0.4, 0.5) is 5.69 Å². The van der Waals surface area contributed by atoms with Crippen molar-refractivity contribution in [3.8, 4) is 0 Å². The summed E-state index contributed by atoms with van der Waals surface area (Å²) in [5.74, 6) is -2.63. The van der Waals surface area contributed by atoms with Gasteiger partial charge in [-0.05, 0) is 25.1 Å². The van der Waals surface area contributed by atoms with Crippen molar-refractivity contribution in [3.05, 3.63) is 51.8 Å². The van der Waals surface area contributed by atoms with Crippen molar-refractivity contribution in [2.45, 2.75) is 17.7 Å². The molecule has 0 aliphatic carbocycles. The number of aromatic nitrogens is 2. The highest BCUT2D eigenvalue weighted by Gasteiger charge is 2.33. The quantitative estimate of drug-likeness (QED) is 0.326. The lowest BCUT2D eigenvalue weighted by atomic mass is 9.90. The standard InChI is InChI=1S/C15H15N3O6S/c1-9(19)14(12-6-7-17(2)16-12)15(20)11-5-4-10(25(3,23)24)8-13(11)18(21)22/h4-8,14H,1-3H3. The van der Waals surface area contributed by atoms with Crippen molar-refractivity contribution in [2.75, 3.05) is 6.26 Å². The van der Waals surface area contributed by atoms with Gasteiger partial charge in [0.2, 0.25) is 0 Å². The molecule has 0 radical (unpaired) electrons. The molecule has 0 saturated carbocycles. The van der Waals surface area contributed by atoms with Gasteiger partial charge in [-0.25, -0.2) is 8.42 Å². The fourth-order valence-electron chi connectivity index (χ4n) is 2.37. The molecule has 10 heteroatoms. The second-order valence-electron chi connectivity index (χ2n) is 5.53. The van der Waals surface area contributed by atoms with Crippen LogP contribution < -0.4 is 0 Å². The first-order valence-corrected chi connectivity index (χ1v) is 8.94. The second-order valence-corrected chi connectivity index (χ2v) is 7.55. The van der Waals surface area contributed by atoms with Gasteiger partial charge in [0.25, 0.3) is 5.69 Å². The summed E-state index contributed by atoms with van der Waals surface area (Å²) < 4.78 is 24.6. The highest BCUT2D eigenvalue weighted by Crippen LogP contribution is 2.29. The minimum atomic E-state index is -3.69. The fraction of sp³-hybridized carbons (Fsp3) is 0.267. The normalized spacial score (nSPS) is 12.6. The summed E-state index contributed by atoms with van der Waals surface area (Å²) in [4.78, 5) is 34.9. The number of aryl methyl sites for hydroxylation is 1. The van der Waals surface area contributed by atoms with Gasteiger partial charge in [0.1, 0.15) is 11.7 Å². The van der Waals surface area contributed by atoms with Gasteiger partial charge in [0.15, 0.2) is 15.6 Å². The number of carbonyl (C=O) groups excluding carboxylic acids is 2. The third kappa shape index (κ3) is 3.79. The number of nitro groups is 1. The Bertz CT molecular complexity index is 977. The predicted octanol–water partition coefficient (Wildman–Crippen LogP) is 1.29. The lowest BCUT2D eigenvalue weighted by Crippen LogP contribution is -2.22. The Hall–Kier alpha value is -2.88. The van der Waals surface area contributed by atoms with Crippen LogP contribution in [0.3, 0.4) is 0 Å². The first kappa shape index (κ1) is 18.5. The van der Waals surface area contributed by atoms with Crippen LogP contribution in [0.2, 0.25) is 0 Å². The molecule has 1 unspecified atom stereocenters. The molecule has 1 atom stereocenters. The van der Waals surface area contributed by atoms with Crippen molar-refractivity contribution < 1.29 is 22.9 Å². The van der Waals surface area contributed by atoms with Gasteiger partial charge in [0, 0.05) is 25.6 Å². The molecule has 25 heavy (non-hydrogen) atoms. The molecule has 2 aromatic rings. The third-order valence-corrected chi connectivity index (χ3v) is 4.67. The minimum absolute atomic E-state index is 0.168. The van der Waals surface area contributed by atoms with E-state index < -0.39 is 37.9 Å². The maximum atomic E-state index is 12.8. The summed E-state index contributed by atoms with van der Waals surface area (Å²) in [7, 11) is -2.08. The summed E-state index contributed by atoms with van der Waals surface area (Å²) in [5.41, 5.74) is -0.847. The van der Waals surface area contributed by atoms with E-state index in [9.17, 15) is 28.1 Å². The molecule has 0 amide bonds. The van der Waals surface area contributed by atoms with E-state index in [2.05, 4.69) is 5.10 Å². The zero-order valence-corrected chi connectivity index (χ0v) is 14.5. The van der Waals surface area contributed by atoms with E-state index in [1.807, 2.05) is 0 Å². The van der Waals surface area contributed by atoms with Crippen molar-refractivity contribution >= 4 is 27.1 Å². The number of hydrogen-bond donors (Lipinski definition) is 0. The largest absolute Gasteiger partial charge is 0.299 e. The van der Waals surface area contributed by atoms with Gasteiger partial charge >= 0.3 is 0 Å². The predicted molar refractivity (Wildman–Crippen MR) is 87.2 cm³/mol. The van der Waals surface area contributed by atoms with E-state index in [-0.39, 0.29) is 16.2 Å². The number of benzene rings is 1. The van der Waals surface area contributed by atoms with Gasteiger partial charge in [-0.3, -0.25) is 24.4 Å². The van der Waals surface area contributed by atoms with Crippen LogP contribution in [-0.4, -0.2) is 40.9 Å². The number of ketones is 2. The molecular formula is C15H15N3O6S. The molecule has 0 N–H and O–H groups in total. The first-order chi connectivity index (χ1) is 11.5. The minimum Gasteiger partial charge on any atom is -0.299 e. The van der Waals surface area contributed by atoms with Crippen molar-refractivity contribution in [1.29, 1.82) is 0 Å². The Balaban J connectivity index is 2.60. The molecule has 0 fully saturated rings. The van der Waals surface area contributed by atoms with E-state index in [0.29, 0.717) is 0 Å². The summed E-state index contributed by atoms with van der Waals surface area (Å²) in [5, 5.41) is 15.3. The maximum Gasteiger partial charge on any atom is 0.281 e. The zero-order chi connectivity index (χ0) is 18.9. The third-order valence-electron chi connectivity index (χ3n) is 3.56. The average Bonchev–Trinajstić information content (AvgIpc) is 2.91. The summed E-state index contributed by atoms with van der Waals surface area (Å²) in [6, 6.07) is 4.44. The number of sulfone groups is 1. The molecule has 1 aromatic heterocycles. The lowest BCUT2D eigenvalue weighted by Gasteiger charge is -2.11. The number of Topliss-reactive ketones (excluding diaryl/α,β-unsaturated/α-hetero) is 2. The molecule has 0 spiro atoms. The van der Waals surface area contributed by atoms with E-state index in [0.717, 1.165) is 24.5 Å². The van der Waals surface area contributed by atoms with Crippen LogP contribution in [0.5, 0.6) is 0 Å². The molecule has 9 nitrogen and oxygen atoms in total. The van der Waals surface area contributed by atoms with E-state index in [4.69, 9.17) is 0 Å². The van der Waals surface area contributed by atoms with E-state index >= 15 is 0 Å². The van der Waals surface area contributed by atoms with Crippen LogP contribution in [0.25, 0.3) is 0 Å². The number of carbonyl (C=O) groups is 2. The highest BCUT2D eigenvalue weighted by molar-refractivity contribution is 7.90. The fourth-order valence-corrected chi connectivity index (χ4v) is 3.01. The van der Waals surface area contributed by atoms with Crippen LogP contribution in [0.15, 0.2) is 35.4 Å². The Morgan fingerprint density at radius 2 is 1.92 bits per heavy atom. The summed E-state index contributed by atoms with van der Waals surface area (Å²) in [6.07, 6.45) is 2.44.